The Morgan fingerprint density at radius 2 is 1.39 bits per heavy atom. The predicted molar refractivity (Wildman–Crippen MR) is 132 cm³/mol. The molecule has 1 amide bonds. The van der Waals surface area contributed by atoms with Crippen LogP contribution in [0, 0.1) is 0 Å². The molecule has 4 heteroatoms. The minimum absolute atomic E-state index is 0.0986. The normalized spacial score (nSPS) is 11.2. The van der Waals surface area contributed by atoms with Gasteiger partial charge in [-0.15, -0.1) is 0 Å². The summed E-state index contributed by atoms with van der Waals surface area (Å²) in [5, 5.41) is 3.03. The third kappa shape index (κ3) is 10.8. The smallest absolute Gasteiger partial charge is 0.224 e. The van der Waals surface area contributed by atoms with E-state index in [0.717, 1.165) is 54.5 Å². The number of benzene rings is 1. The maximum Gasteiger partial charge on any atom is 0.224 e. The summed E-state index contributed by atoms with van der Waals surface area (Å²) in [6, 6.07) is 5.80. The zero-order valence-electron chi connectivity index (χ0n) is 19.9. The lowest BCUT2D eigenvalue weighted by atomic mass is 10.0. The van der Waals surface area contributed by atoms with E-state index in [9.17, 15) is 4.79 Å². The predicted octanol–water partition coefficient (Wildman–Crippen LogP) is 8.00. The van der Waals surface area contributed by atoms with Crippen LogP contribution in [0.2, 0.25) is 0 Å². The highest BCUT2D eigenvalue weighted by molar-refractivity contribution is 5.92. The molecule has 0 fully saturated rings. The van der Waals surface area contributed by atoms with Crippen molar-refractivity contribution in [3.8, 4) is 0 Å². The molecule has 0 aliphatic carbocycles. The van der Waals surface area contributed by atoms with Crippen LogP contribution in [-0.2, 0) is 11.2 Å². The zero-order chi connectivity index (χ0) is 22.2. The average molecular weight is 426 g/mol. The number of hydrogen-bond acceptors (Lipinski definition) is 3. The van der Waals surface area contributed by atoms with Gasteiger partial charge in [-0.3, -0.25) is 9.78 Å². The van der Waals surface area contributed by atoms with Crippen molar-refractivity contribution >= 4 is 22.6 Å². The Hall–Kier alpha value is -1.97. The summed E-state index contributed by atoms with van der Waals surface area (Å²) in [5.41, 5.74) is 3.57. The second-order valence-electron chi connectivity index (χ2n) is 8.86. The topological polar surface area (TPSA) is 54.9 Å². The van der Waals surface area contributed by atoms with E-state index >= 15 is 0 Å². The molecule has 0 unspecified atom stereocenters. The molecule has 4 nitrogen and oxygen atoms in total. The quantitative estimate of drug-likeness (QED) is 0.261. The van der Waals surface area contributed by atoms with Gasteiger partial charge in [0.2, 0.25) is 5.91 Å². The number of carbonyl (C=O) groups excluding carboxylic acids is 1. The van der Waals surface area contributed by atoms with E-state index in [2.05, 4.69) is 24.1 Å². The summed E-state index contributed by atoms with van der Waals surface area (Å²) >= 11 is 0. The standard InChI is InChI=1S/C27H43N3O/c1-3-5-7-8-9-10-11-12-13-14-15-16-18-27(31)30-23-19-20-25-26(21-23)29-24(22-28-25)17-6-4-2/h19-22H,3-18H2,1-2H3,(H,30,31). The lowest BCUT2D eigenvalue weighted by molar-refractivity contribution is -0.116. The molecule has 0 bridgehead atoms. The summed E-state index contributed by atoms with van der Waals surface area (Å²) in [5.74, 6) is 0.0986. The Balaban J connectivity index is 1.58. The molecule has 0 saturated carbocycles. The van der Waals surface area contributed by atoms with Crippen molar-refractivity contribution in [2.24, 2.45) is 0 Å². The summed E-state index contributed by atoms with van der Waals surface area (Å²) in [6.07, 6.45) is 21.4. The van der Waals surface area contributed by atoms with Crippen LogP contribution in [0.15, 0.2) is 24.4 Å². The zero-order valence-corrected chi connectivity index (χ0v) is 19.9. The van der Waals surface area contributed by atoms with Crippen LogP contribution in [0.3, 0.4) is 0 Å². The molecule has 0 saturated heterocycles. The molecule has 0 atom stereocenters. The second kappa shape index (κ2) is 15.8. The van der Waals surface area contributed by atoms with Crippen molar-refractivity contribution in [3.63, 3.8) is 0 Å². The highest BCUT2D eigenvalue weighted by atomic mass is 16.1. The first-order chi connectivity index (χ1) is 15.2. The molecule has 0 spiro atoms. The second-order valence-corrected chi connectivity index (χ2v) is 8.86. The summed E-state index contributed by atoms with van der Waals surface area (Å²) in [4.78, 5) is 21.5. The number of anilines is 1. The van der Waals surface area contributed by atoms with E-state index in [1.165, 1.54) is 64.2 Å². The van der Waals surface area contributed by atoms with Gasteiger partial charge < -0.3 is 5.32 Å². The Morgan fingerprint density at radius 3 is 2.03 bits per heavy atom. The number of nitrogens with zero attached hydrogens (tertiary/aromatic N) is 2. The Labute approximate surface area is 189 Å². The molecule has 1 N–H and O–H groups in total. The van der Waals surface area contributed by atoms with E-state index in [1.807, 2.05) is 24.4 Å². The maximum atomic E-state index is 12.3. The van der Waals surface area contributed by atoms with E-state index in [1.54, 1.807) is 0 Å². The van der Waals surface area contributed by atoms with Crippen molar-refractivity contribution in [2.75, 3.05) is 5.32 Å². The number of unbranched alkanes of at least 4 members (excludes halogenated alkanes) is 12. The monoisotopic (exact) mass is 425 g/mol. The molecule has 2 rings (SSSR count). The third-order valence-corrected chi connectivity index (χ3v) is 5.92. The number of hydrogen-bond donors (Lipinski definition) is 1. The highest BCUT2D eigenvalue weighted by Crippen LogP contribution is 2.18. The molecule has 1 heterocycles. The van der Waals surface area contributed by atoms with Gasteiger partial charge in [0.05, 0.1) is 16.7 Å². The van der Waals surface area contributed by atoms with Gasteiger partial charge in [0.25, 0.3) is 0 Å². The van der Waals surface area contributed by atoms with E-state index in [0.29, 0.717) is 6.42 Å². The molecule has 0 aliphatic heterocycles. The lowest BCUT2D eigenvalue weighted by Crippen LogP contribution is -2.11. The van der Waals surface area contributed by atoms with Gasteiger partial charge in [-0.1, -0.05) is 90.9 Å². The first-order valence-electron chi connectivity index (χ1n) is 12.8. The summed E-state index contributed by atoms with van der Waals surface area (Å²) in [6.45, 7) is 4.45. The molecular formula is C27H43N3O. The van der Waals surface area contributed by atoms with Crippen LogP contribution in [-0.4, -0.2) is 15.9 Å². The third-order valence-electron chi connectivity index (χ3n) is 5.92. The number of aromatic nitrogens is 2. The number of fused-ring (bicyclic) bond motifs is 1. The van der Waals surface area contributed by atoms with Crippen molar-refractivity contribution in [2.45, 2.75) is 117 Å². The van der Waals surface area contributed by atoms with Crippen molar-refractivity contribution in [1.29, 1.82) is 0 Å². The number of amides is 1. The molecule has 2 aromatic rings. The SMILES string of the molecule is CCCCCCCCCCCCCCC(=O)Nc1ccc2ncc(CCCC)nc2c1. The first-order valence-corrected chi connectivity index (χ1v) is 12.8. The number of rotatable bonds is 17. The Morgan fingerprint density at radius 1 is 0.774 bits per heavy atom. The van der Waals surface area contributed by atoms with Crippen molar-refractivity contribution in [1.82, 2.24) is 9.97 Å². The fraction of sp³-hybridized carbons (Fsp3) is 0.667. The van der Waals surface area contributed by atoms with Gasteiger partial charge in [0.15, 0.2) is 0 Å². The minimum atomic E-state index is 0.0986. The Kier molecular flexibility index (Phi) is 12.9. The van der Waals surface area contributed by atoms with Gasteiger partial charge in [0, 0.05) is 18.3 Å². The molecule has 1 aromatic carbocycles. The molecule has 172 valence electrons. The van der Waals surface area contributed by atoms with E-state index in [4.69, 9.17) is 4.98 Å². The van der Waals surface area contributed by atoms with Crippen LogP contribution >= 0.6 is 0 Å². The van der Waals surface area contributed by atoms with Crippen LogP contribution in [0.1, 0.15) is 116 Å². The van der Waals surface area contributed by atoms with Gasteiger partial charge >= 0.3 is 0 Å². The molecule has 0 aliphatic rings. The van der Waals surface area contributed by atoms with Crippen LogP contribution < -0.4 is 5.32 Å². The molecular weight excluding hydrogens is 382 g/mol. The number of aryl methyl sites for hydroxylation is 1. The van der Waals surface area contributed by atoms with Crippen LogP contribution in [0.4, 0.5) is 5.69 Å². The van der Waals surface area contributed by atoms with Gasteiger partial charge in [0.1, 0.15) is 0 Å². The largest absolute Gasteiger partial charge is 0.326 e. The van der Waals surface area contributed by atoms with Crippen LogP contribution in [0.5, 0.6) is 0 Å². The highest BCUT2D eigenvalue weighted by Gasteiger charge is 2.05. The van der Waals surface area contributed by atoms with E-state index < -0.39 is 0 Å². The first kappa shape index (κ1) is 25.3. The van der Waals surface area contributed by atoms with Crippen molar-refractivity contribution in [3.05, 3.63) is 30.1 Å². The summed E-state index contributed by atoms with van der Waals surface area (Å²) in [7, 11) is 0. The van der Waals surface area contributed by atoms with Gasteiger partial charge in [-0.2, -0.15) is 0 Å². The average Bonchev–Trinajstić information content (AvgIpc) is 2.78. The number of nitrogens with one attached hydrogen (secondary N) is 1. The minimum Gasteiger partial charge on any atom is -0.326 e. The van der Waals surface area contributed by atoms with Gasteiger partial charge in [-0.25, -0.2) is 4.98 Å². The van der Waals surface area contributed by atoms with Crippen molar-refractivity contribution < 1.29 is 4.79 Å². The Bertz CT molecular complexity index is 759. The van der Waals surface area contributed by atoms with Gasteiger partial charge in [-0.05, 0) is 37.5 Å². The number of carbonyl (C=O) groups is 1. The van der Waals surface area contributed by atoms with Crippen LogP contribution in [0.25, 0.3) is 11.0 Å². The summed E-state index contributed by atoms with van der Waals surface area (Å²) < 4.78 is 0. The molecule has 1 aromatic heterocycles. The maximum absolute atomic E-state index is 12.3. The molecule has 31 heavy (non-hydrogen) atoms. The van der Waals surface area contributed by atoms with E-state index in [-0.39, 0.29) is 5.91 Å². The fourth-order valence-electron chi connectivity index (χ4n) is 3.96. The fourth-order valence-corrected chi connectivity index (χ4v) is 3.96. The lowest BCUT2D eigenvalue weighted by Gasteiger charge is -2.07. The molecule has 0 radical (unpaired) electrons.